The number of hydrogen-bond donors (Lipinski definition) is 0. The van der Waals surface area contributed by atoms with Crippen LogP contribution in [-0.2, 0) is 13.1 Å². The lowest BCUT2D eigenvalue weighted by atomic mass is 9.76. The molecule has 5 aromatic rings. The van der Waals surface area contributed by atoms with Gasteiger partial charge in [-0.1, -0.05) is 42.5 Å². The molecule has 2 saturated heterocycles. The Bertz CT molecular complexity index is 1880. The van der Waals surface area contributed by atoms with Crippen LogP contribution >= 0.6 is 0 Å². The quantitative estimate of drug-likeness (QED) is 0.0806. The van der Waals surface area contributed by atoms with Crippen LogP contribution in [-0.4, -0.2) is 64.6 Å². The summed E-state index contributed by atoms with van der Waals surface area (Å²) < 4.78 is 22.3. The van der Waals surface area contributed by atoms with Gasteiger partial charge in [0.1, 0.15) is 29.8 Å². The summed E-state index contributed by atoms with van der Waals surface area (Å²) in [6.07, 6.45) is 12.8. The summed E-state index contributed by atoms with van der Waals surface area (Å²) in [4.78, 5) is 41.1. The van der Waals surface area contributed by atoms with Gasteiger partial charge in [-0.2, -0.15) is 0 Å². The number of Topliss-reactive ketones (excluding diaryl/α,β-unsaturated/α-hetero) is 2. The molecular formula is C45H52N4O6. The Morgan fingerprint density at radius 2 is 1.22 bits per heavy atom. The van der Waals surface area contributed by atoms with Crippen LogP contribution in [0, 0.1) is 23.7 Å². The van der Waals surface area contributed by atoms with Crippen molar-refractivity contribution in [2.75, 3.05) is 33.3 Å². The van der Waals surface area contributed by atoms with E-state index in [0.717, 1.165) is 95.0 Å². The third-order valence-corrected chi connectivity index (χ3v) is 11.5. The molecular weight excluding hydrogens is 693 g/mol. The maximum atomic E-state index is 13.9. The Labute approximate surface area is 323 Å². The van der Waals surface area contributed by atoms with Crippen molar-refractivity contribution in [1.82, 2.24) is 19.8 Å². The molecule has 288 valence electrons. The fourth-order valence-corrected chi connectivity index (χ4v) is 8.31. The highest BCUT2D eigenvalue weighted by Gasteiger charge is 2.36. The molecule has 3 aromatic carbocycles. The van der Waals surface area contributed by atoms with Crippen LogP contribution in [0.15, 0.2) is 113 Å². The van der Waals surface area contributed by atoms with Crippen LogP contribution in [0.5, 0.6) is 17.2 Å². The lowest BCUT2D eigenvalue weighted by Crippen LogP contribution is -2.38. The largest absolute Gasteiger partial charge is 0.497 e. The van der Waals surface area contributed by atoms with Gasteiger partial charge in [0, 0.05) is 24.9 Å². The number of aromatic nitrogens is 2. The van der Waals surface area contributed by atoms with Gasteiger partial charge in [-0.3, -0.25) is 19.4 Å². The molecule has 55 heavy (non-hydrogen) atoms. The first-order valence-electron chi connectivity index (χ1n) is 19.8. The van der Waals surface area contributed by atoms with E-state index in [0.29, 0.717) is 18.8 Å². The second kappa shape index (κ2) is 19.0. The molecule has 10 heteroatoms. The Kier molecular flexibility index (Phi) is 13.2. The summed E-state index contributed by atoms with van der Waals surface area (Å²) in [6.45, 7) is 5.61. The molecule has 2 unspecified atom stereocenters. The number of likely N-dealkylation sites (tertiary alicyclic amines) is 2. The molecule has 0 bridgehead atoms. The number of hydrogen-bond acceptors (Lipinski definition) is 10. The molecule has 0 radical (unpaired) electrons. The van der Waals surface area contributed by atoms with Gasteiger partial charge in [-0.05, 0) is 137 Å². The number of benzene rings is 3. The molecule has 2 atom stereocenters. The van der Waals surface area contributed by atoms with Crippen LogP contribution in [0.3, 0.4) is 0 Å². The van der Waals surface area contributed by atoms with E-state index in [1.807, 2.05) is 54.6 Å². The minimum Gasteiger partial charge on any atom is -0.497 e. The summed E-state index contributed by atoms with van der Waals surface area (Å²) in [5.41, 5.74) is 2.51. The third-order valence-electron chi connectivity index (χ3n) is 11.5. The van der Waals surface area contributed by atoms with Crippen molar-refractivity contribution < 1.29 is 27.9 Å². The first-order valence-corrected chi connectivity index (χ1v) is 19.8. The van der Waals surface area contributed by atoms with Gasteiger partial charge in [-0.25, -0.2) is 9.97 Å². The zero-order chi connectivity index (χ0) is 37.8. The number of carbonyl (C=O) groups excluding carboxylic acids is 2. The van der Waals surface area contributed by atoms with E-state index in [9.17, 15) is 9.59 Å². The maximum absolute atomic E-state index is 13.9. The van der Waals surface area contributed by atoms with Crippen molar-refractivity contribution >= 4 is 11.6 Å². The number of carbonyl (C=O) groups is 2. The molecule has 0 spiro atoms. The van der Waals surface area contributed by atoms with Gasteiger partial charge in [0.15, 0.2) is 0 Å². The first-order chi connectivity index (χ1) is 27.0. The van der Waals surface area contributed by atoms with Crippen molar-refractivity contribution in [2.45, 2.75) is 64.5 Å². The fraction of sp³-hybridized carbons (Fsp3) is 0.422. The second-order valence-electron chi connectivity index (χ2n) is 15.1. The molecule has 0 aliphatic carbocycles. The summed E-state index contributed by atoms with van der Waals surface area (Å²) in [7, 11) is 1.68. The lowest BCUT2D eigenvalue weighted by molar-refractivity contribution is 0.0706. The average Bonchev–Trinajstić information content (AvgIpc) is 3.98. The molecule has 10 nitrogen and oxygen atoms in total. The van der Waals surface area contributed by atoms with Crippen LogP contribution < -0.4 is 9.47 Å². The van der Waals surface area contributed by atoms with Crippen molar-refractivity contribution in [3.63, 3.8) is 0 Å². The van der Waals surface area contributed by atoms with Gasteiger partial charge in [0.2, 0.25) is 11.6 Å². The molecule has 0 saturated carbocycles. The van der Waals surface area contributed by atoms with E-state index in [4.69, 9.17) is 18.3 Å². The highest BCUT2D eigenvalue weighted by molar-refractivity contribution is 5.95. The zero-order valence-electron chi connectivity index (χ0n) is 31.8. The highest BCUT2D eigenvalue weighted by atomic mass is 16.5. The number of methoxy groups -OCH3 is 1. The summed E-state index contributed by atoms with van der Waals surface area (Å²) >= 11 is 0. The van der Waals surface area contributed by atoms with Gasteiger partial charge >= 0.3 is 0 Å². The summed E-state index contributed by atoms with van der Waals surface area (Å²) in [5, 5.41) is 0. The van der Waals surface area contributed by atoms with E-state index >= 15 is 0 Å². The van der Waals surface area contributed by atoms with Gasteiger partial charge in [0.25, 0.3) is 11.8 Å². The monoisotopic (exact) mass is 744 g/mol. The lowest BCUT2D eigenvalue weighted by Gasteiger charge is -2.36. The highest BCUT2D eigenvalue weighted by Crippen LogP contribution is 2.35. The van der Waals surface area contributed by atoms with E-state index < -0.39 is 0 Å². The topological polar surface area (TPSA) is 111 Å². The fourth-order valence-electron chi connectivity index (χ4n) is 8.31. The Morgan fingerprint density at radius 1 is 0.673 bits per heavy atom. The summed E-state index contributed by atoms with van der Waals surface area (Å²) in [5.74, 6) is 2.87. The molecule has 7 rings (SSSR count). The Balaban J connectivity index is 0.928. The number of oxazole rings is 2. The normalized spacial score (nSPS) is 17.1. The minimum absolute atomic E-state index is 0.0633. The second-order valence-corrected chi connectivity index (χ2v) is 15.1. The van der Waals surface area contributed by atoms with Crippen LogP contribution in [0.2, 0.25) is 0 Å². The number of piperidine rings is 2. The average molecular weight is 745 g/mol. The predicted octanol–water partition coefficient (Wildman–Crippen LogP) is 9.15. The maximum Gasteiger partial charge on any atom is 0.263 e. The number of ketones is 2. The van der Waals surface area contributed by atoms with E-state index in [1.165, 1.54) is 36.0 Å². The number of ether oxygens (including phenoxy) is 2. The predicted molar refractivity (Wildman–Crippen MR) is 209 cm³/mol. The number of para-hydroxylation sites is 1. The molecule has 2 fully saturated rings. The standard InChI is InChI=1S/C45H52N4O6/c1-52-38-14-8-34(9-15-38)32-49-27-21-36(22-28-49)41(43(51)45-47-24-30-54-45)18-13-37(42(50)44-46-23-29-53-44)12-7-33-19-25-48(26-20-33)31-35-10-16-40(17-11-35)55-39-5-3-2-4-6-39/h2-6,8-11,14-17,23-24,29-30,33,36-37,41H,7,12-13,18-22,25-28,31-32H2,1H3. The molecule has 0 N–H and O–H groups in total. The zero-order valence-corrected chi connectivity index (χ0v) is 31.8. The number of rotatable bonds is 18. The van der Waals surface area contributed by atoms with Gasteiger partial charge in [-0.15, -0.1) is 0 Å². The molecule has 2 aromatic heterocycles. The number of nitrogens with zero attached hydrogens (tertiary/aromatic N) is 4. The molecule has 4 heterocycles. The Hall–Kier alpha value is -5.06. The smallest absolute Gasteiger partial charge is 0.263 e. The molecule has 2 aliphatic rings. The third kappa shape index (κ3) is 10.6. The van der Waals surface area contributed by atoms with Crippen molar-refractivity contribution in [3.8, 4) is 17.2 Å². The summed E-state index contributed by atoms with van der Waals surface area (Å²) in [6, 6.07) is 26.4. The van der Waals surface area contributed by atoms with Crippen molar-refractivity contribution in [2.24, 2.45) is 23.7 Å². The SMILES string of the molecule is COc1ccc(CN2CCC(C(CCC(CCC3CCN(Cc4ccc(Oc5ccccc5)cc4)CC3)C(=O)c3ncco3)C(=O)c3ncco3)CC2)cc1. The van der Waals surface area contributed by atoms with Crippen molar-refractivity contribution in [3.05, 3.63) is 127 Å². The first kappa shape index (κ1) is 38.2. The van der Waals surface area contributed by atoms with E-state index in [-0.39, 0.29) is 41.1 Å². The minimum atomic E-state index is -0.275. The van der Waals surface area contributed by atoms with Crippen LogP contribution in [0.25, 0.3) is 0 Å². The van der Waals surface area contributed by atoms with Crippen LogP contribution in [0.4, 0.5) is 0 Å². The van der Waals surface area contributed by atoms with Crippen molar-refractivity contribution in [1.29, 1.82) is 0 Å². The Morgan fingerprint density at radius 3 is 1.78 bits per heavy atom. The van der Waals surface area contributed by atoms with E-state index in [2.05, 4.69) is 44.0 Å². The van der Waals surface area contributed by atoms with Crippen LogP contribution in [0.1, 0.15) is 83.9 Å². The van der Waals surface area contributed by atoms with E-state index in [1.54, 1.807) is 7.11 Å². The van der Waals surface area contributed by atoms with Gasteiger partial charge < -0.3 is 18.3 Å². The van der Waals surface area contributed by atoms with Gasteiger partial charge in [0.05, 0.1) is 19.5 Å². The molecule has 0 amide bonds. The molecule has 2 aliphatic heterocycles.